The first-order valence-electron chi connectivity index (χ1n) is 5.93. The van der Waals surface area contributed by atoms with Gasteiger partial charge in [0.1, 0.15) is 0 Å². The standard InChI is InChI=1S/C14H22BrNO/c1-14(2,3)12-7-11(8-13(15)9-12)10-16-5-6-17-4/h7-9,16H,5-6,10H2,1-4H3. The first kappa shape index (κ1) is 14.7. The molecule has 0 aliphatic rings. The molecule has 0 radical (unpaired) electrons. The molecule has 1 rings (SSSR count). The highest BCUT2D eigenvalue weighted by Gasteiger charge is 2.14. The summed E-state index contributed by atoms with van der Waals surface area (Å²) in [7, 11) is 1.72. The molecule has 2 nitrogen and oxygen atoms in total. The van der Waals surface area contributed by atoms with E-state index in [1.54, 1.807) is 7.11 Å². The molecule has 0 saturated carbocycles. The molecular formula is C14H22BrNO. The minimum Gasteiger partial charge on any atom is -0.383 e. The van der Waals surface area contributed by atoms with E-state index in [1.165, 1.54) is 11.1 Å². The third-order valence-corrected chi connectivity index (χ3v) is 3.09. The third-order valence-electron chi connectivity index (χ3n) is 2.64. The molecule has 17 heavy (non-hydrogen) atoms. The maximum absolute atomic E-state index is 5.01. The molecule has 1 N–H and O–H groups in total. The van der Waals surface area contributed by atoms with Crippen LogP contribution >= 0.6 is 15.9 Å². The number of nitrogens with one attached hydrogen (secondary N) is 1. The molecule has 0 aromatic heterocycles. The monoisotopic (exact) mass is 299 g/mol. The van der Waals surface area contributed by atoms with Crippen LogP contribution in [0.2, 0.25) is 0 Å². The second-order valence-electron chi connectivity index (χ2n) is 5.27. The van der Waals surface area contributed by atoms with Crippen molar-refractivity contribution in [3.8, 4) is 0 Å². The van der Waals surface area contributed by atoms with Crippen molar-refractivity contribution >= 4 is 15.9 Å². The van der Waals surface area contributed by atoms with Gasteiger partial charge in [0.05, 0.1) is 6.61 Å². The van der Waals surface area contributed by atoms with Crippen molar-refractivity contribution in [1.82, 2.24) is 5.32 Å². The van der Waals surface area contributed by atoms with Crippen LogP contribution in [0.15, 0.2) is 22.7 Å². The van der Waals surface area contributed by atoms with Crippen LogP contribution < -0.4 is 5.32 Å². The number of methoxy groups -OCH3 is 1. The Hall–Kier alpha value is -0.380. The SMILES string of the molecule is COCCNCc1cc(Br)cc(C(C)(C)C)c1. The molecule has 1 aromatic rings. The van der Waals surface area contributed by atoms with Gasteiger partial charge in [-0.15, -0.1) is 0 Å². The van der Waals surface area contributed by atoms with Crippen molar-refractivity contribution in [3.05, 3.63) is 33.8 Å². The summed E-state index contributed by atoms with van der Waals surface area (Å²) in [6, 6.07) is 6.62. The van der Waals surface area contributed by atoms with Gasteiger partial charge < -0.3 is 10.1 Å². The molecule has 0 amide bonds. The highest BCUT2D eigenvalue weighted by atomic mass is 79.9. The van der Waals surface area contributed by atoms with Crippen molar-refractivity contribution in [2.45, 2.75) is 32.7 Å². The van der Waals surface area contributed by atoms with Gasteiger partial charge >= 0.3 is 0 Å². The average Bonchev–Trinajstić information content (AvgIpc) is 2.22. The van der Waals surface area contributed by atoms with Crippen LogP contribution in [0.1, 0.15) is 31.9 Å². The topological polar surface area (TPSA) is 21.3 Å². The summed E-state index contributed by atoms with van der Waals surface area (Å²) in [4.78, 5) is 0. The molecule has 0 heterocycles. The van der Waals surface area contributed by atoms with Crippen molar-refractivity contribution in [1.29, 1.82) is 0 Å². The Bertz CT molecular complexity index is 358. The van der Waals surface area contributed by atoms with Gasteiger partial charge in [0.2, 0.25) is 0 Å². The Kier molecular flexibility index (Phi) is 5.63. The molecule has 0 spiro atoms. The van der Waals surface area contributed by atoms with E-state index in [2.05, 4.69) is 60.2 Å². The van der Waals surface area contributed by atoms with E-state index in [-0.39, 0.29) is 5.41 Å². The van der Waals surface area contributed by atoms with Gasteiger partial charge in [-0.25, -0.2) is 0 Å². The van der Waals surface area contributed by atoms with E-state index in [0.717, 1.165) is 24.2 Å². The number of benzene rings is 1. The van der Waals surface area contributed by atoms with Crippen molar-refractivity contribution in [2.75, 3.05) is 20.3 Å². The second-order valence-corrected chi connectivity index (χ2v) is 6.18. The lowest BCUT2D eigenvalue weighted by molar-refractivity contribution is 0.199. The van der Waals surface area contributed by atoms with E-state index in [4.69, 9.17) is 4.74 Å². The summed E-state index contributed by atoms with van der Waals surface area (Å²) in [5, 5.41) is 3.36. The van der Waals surface area contributed by atoms with Crippen LogP contribution in [0.4, 0.5) is 0 Å². The van der Waals surface area contributed by atoms with E-state index in [9.17, 15) is 0 Å². The smallest absolute Gasteiger partial charge is 0.0587 e. The number of ether oxygens (including phenoxy) is 1. The zero-order chi connectivity index (χ0) is 12.9. The maximum atomic E-state index is 5.01. The lowest BCUT2D eigenvalue weighted by atomic mass is 9.86. The zero-order valence-corrected chi connectivity index (χ0v) is 12.7. The average molecular weight is 300 g/mol. The van der Waals surface area contributed by atoms with Crippen LogP contribution in [-0.4, -0.2) is 20.3 Å². The van der Waals surface area contributed by atoms with Crippen molar-refractivity contribution < 1.29 is 4.74 Å². The normalized spacial score (nSPS) is 11.8. The first-order valence-corrected chi connectivity index (χ1v) is 6.72. The van der Waals surface area contributed by atoms with Crippen LogP contribution in [0.5, 0.6) is 0 Å². The molecule has 3 heteroatoms. The van der Waals surface area contributed by atoms with E-state index in [0.29, 0.717) is 0 Å². The maximum Gasteiger partial charge on any atom is 0.0587 e. The van der Waals surface area contributed by atoms with Gasteiger partial charge in [-0.3, -0.25) is 0 Å². The zero-order valence-electron chi connectivity index (χ0n) is 11.1. The summed E-state index contributed by atoms with van der Waals surface area (Å²) >= 11 is 3.58. The predicted octanol–water partition coefficient (Wildman–Crippen LogP) is 3.48. The van der Waals surface area contributed by atoms with Gasteiger partial charge in [-0.05, 0) is 28.7 Å². The van der Waals surface area contributed by atoms with Gasteiger partial charge in [0, 0.05) is 24.7 Å². The fraction of sp³-hybridized carbons (Fsp3) is 0.571. The molecule has 0 unspecified atom stereocenters. The minimum absolute atomic E-state index is 0.186. The number of hydrogen-bond acceptors (Lipinski definition) is 2. The molecule has 0 aliphatic heterocycles. The molecule has 0 bridgehead atoms. The molecule has 0 fully saturated rings. The predicted molar refractivity (Wildman–Crippen MR) is 76.4 cm³/mol. The molecule has 0 atom stereocenters. The lowest BCUT2D eigenvalue weighted by Crippen LogP contribution is -2.19. The van der Waals surface area contributed by atoms with E-state index >= 15 is 0 Å². The Labute approximate surface area is 113 Å². The highest BCUT2D eigenvalue weighted by Crippen LogP contribution is 2.26. The second kappa shape index (κ2) is 6.53. The Balaban J connectivity index is 2.69. The largest absolute Gasteiger partial charge is 0.383 e. The summed E-state index contributed by atoms with van der Waals surface area (Å²) < 4.78 is 6.16. The van der Waals surface area contributed by atoms with E-state index in [1.807, 2.05) is 0 Å². The highest BCUT2D eigenvalue weighted by molar-refractivity contribution is 9.10. The fourth-order valence-electron chi connectivity index (χ4n) is 1.59. The molecule has 0 aliphatic carbocycles. The summed E-state index contributed by atoms with van der Waals surface area (Å²) in [5.74, 6) is 0. The van der Waals surface area contributed by atoms with Crippen molar-refractivity contribution in [2.24, 2.45) is 0 Å². The molecule has 96 valence electrons. The Morgan fingerprint density at radius 2 is 1.94 bits per heavy atom. The van der Waals surface area contributed by atoms with Gasteiger partial charge in [-0.2, -0.15) is 0 Å². The number of rotatable bonds is 5. The summed E-state index contributed by atoms with van der Waals surface area (Å²) in [5.41, 5.74) is 2.85. The third kappa shape index (κ3) is 5.19. The Morgan fingerprint density at radius 1 is 1.24 bits per heavy atom. The lowest BCUT2D eigenvalue weighted by Gasteiger charge is -2.20. The van der Waals surface area contributed by atoms with E-state index < -0.39 is 0 Å². The van der Waals surface area contributed by atoms with Crippen LogP contribution in [0.25, 0.3) is 0 Å². The van der Waals surface area contributed by atoms with Gasteiger partial charge in [-0.1, -0.05) is 42.8 Å². The minimum atomic E-state index is 0.186. The summed E-state index contributed by atoms with van der Waals surface area (Å²) in [6.07, 6.45) is 0. The fourth-order valence-corrected chi connectivity index (χ4v) is 2.13. The summed E-state index contributed by atoms with van der Waals surface area (Å²) in [6.45, 7) is 9.21. The number of halogens is 1. The van der Waals surface area contributed by atoms with Crippen LogP contribution in [0.3, 0.4) is 0 Å². The molecular weight excluding hydrogens is 278 g/mol. The molecule has 1 aromatic carbocycles. The molecule has 0 saturated heterocycles. The quantitative estimate of drug-likeness (QED) is 0.841. The van der Waals surface area contributed by atoms with Gasteiger partial charge in [0.25, 0.3) is 0 Å². The van der Waals surface area contributed by atoms with Crippen LogP contribution in [-0.2, 0) is 16.7 Å². The number of hydrogen-bond donors (Lipinski definition) is 1. The van der Waals surface area contributed by atoms with Crippen molar-refractivity contribution in [3.63, 3.8) is 0 Å². The Morgan fingerprint density at radius 3 is 2.53 bits per heavy atom. The first-order chi connectivity index (χ1) is 7.93. The van der Waals surface area contributed by atoms with Crippen LogP contribution in [0, 0.1) is 0 Å². The van der Waals surface area contributed by atoms with Gasteiger partial charge in [0.15, 0.2) is 0 Å².